The molecular formula is C12H14Cl2O3S. The molecule has 0 aliphatic carbocycles. The van der Waals surface area contributed by atoms with Crippen molar-refractivity contribution in [2.24, 2.45) is 0 Å². The monoisotopic (exact) mass is 308 g/mol. The van der Waals surface area contributed by atoms with E-state index in [4.69, 9.17) is 23.2 Å². The van der Waals surface area contributed by atoms with Gasteiger partial charge in [-0.05, 0) is 24.1 Å². The molecule has 0 saturated carbocycles. The molecule has 0 fully saturated rings. The molecule has 0 atom stereocenters. The van der Waals surface area contributed by atoms with Crippen LogP contribution in [0.3, 0.4) is 0 Å². The van der Waals surface area contributed by atoms with Gasteiger partial charge >= 0.3 is 0 Å². The second-order valence-corrected chi connectivity index (χ2v) is 7.22. The Balaban J connectivity index is 2.55. The molecular weight excluding hydrogens is 295 g/mol. The molecule has 1 aromatic rings. The summed E-state index contributed by atoms with van der Waals surface area (Å²) < 4.78 is 21.9. The highest BCUT2D eigenvalue weighted by Gasteiger charge is 2.11. The number of halogens is 2. The summed E-state index contributed by atoms with van der Waals surface area (Å²) in [7, 11) is -3.01. The zero-order chi connectivity index (χ0) is 13.8. The molecule has 0 aliphatic heterocycles. The molecule has 0 N–H and O–H groups in total. The third-order valence-corrected chi connectivity index (χ3v) is 4.14. The van der Waals surface area contributed by atoms with Gasteiger partial charge in [0.25, 0.3) is 0 Å². The maximum absolute atomic E-state index is 11.7. The van der Waals surface area contributed by atoms with Crippen LogP contribution in [0.15, 0.2) is 18.2 Å². The van der Waals surface area contributed by atoms with Crippen LogP contribution in [0.25, 0.3) is 0 Å². The smallest absolute Gasteiger partial charge is 0.147 e. The first kappa shape index (κ1) is 15.5. The SMILES string of the molecule is CS(=O)(=O)CCCC(=O)Cc1c(Cl)cccc1Cl. The van der Waals surface area contributed by atoms with Crippen LogP contribution in [0, 0.1) is 0 Å². The Morgan fingerprint density at radius 2 is 1.78 bits per heavy atom. The van der Waals surface area contributed by atoms with Crippen molar-refractivity contribution in [3.05, 3.63) is 33.8 Å². The normalized spacial score (nSPS) is 11.5. The number of carbonyl (C=O) groups excluding carboxylic acids is 1. The number of benzene rings is 1. The number of hydrogen-bond donors (Lipinski definition) is 0. The summed E-state index contributed by atoms with van der Waals surface area (Å²) in [5.74, 6) is -0.0386. The maximum atomic E-state index is 11.7. The van der Waals surface area contributed by atoms with Crippen LogP contribution in [0.4, 0.5) is 0 Å². The lowest BCUT2D eigenvalue weighted by molar-refractivity contribution is -0.118. The van der Waals surface area contributed by atoms with Gasteiger partial charge in [-0.1, -0.05) is 29.3 Å². The van der Waals surface area contributed by atoms with Crippen molar-refractivity contribution in [1.82, 2.24) is 0 Å². The Bertz CT molecular complexity index is 518. The van der Waals surface area contributed by atoms with Crippen LogP contribution in [-0.2, 0) is 21.1 Å². The van der Waals surface area contributed by atoms with E-state index < -0.39 is 9.84 Å². The molecule has 6 heteroatoms. The molecule has 1 rings (SSSR count). The fraction of sp³-hybridized carbons (Fsp3) is 0.417. The average Bonchev–Trinajstić information content (AvgIpc) is 2.22. The van der Waals surface area contributed by atoms with Gasteiger partial charge in [-0.2, -0.15) is 0 Å². The van der Waals surface area contributed by atoms with Gasteiger partial charge in [-0.3, -0.25) is 4.79 Å². The van der Waals surface area contributed by atoms with Gasteiger partial charge in [0.2, 0.25) is 0 Å². The number of hydrogen-bond acceptors (Lipinski definition) is 3. The topological polar surface area (TPSA) is 51.2 Å². The summed E-state index contributed by atoms with van der Waals surface area (Å²) in [5.41, 5.74) is 0.602. The van der Waals surface area contributed by atoms with Crippen molar-refractivity contribution in [3.63, 3.8) is 0 Å². The van der Waals surface area contributed by atoms with E-state index in [1.54, 1.807) is 18.2 Å². The largest absolute Gasteiger partial charge is 0.299 e. The molecule has 0 amide bonds. The Morgan fingerprint density at radius 3 is 2.28 bits per heavy atom. The van der Waals surface area contributed by atoms with E-state index in [1.807, 2.05) is 0 Å². The van der Waals surface area contributed by atoms with Gasteiger partial charge in [-0.25, -0.2) is 8.42 Å². The average molecular weight is 309 g/mol. The molecule has 0 bridgehead atoms. The van der Waals surface area contributed by atoms with Crippen LogP contribution in [0.5, 0.6) is 0 Å². The molecule has 100 valence electrons. The molecule has 0 saturated heterocycles. The van der Waals surface area contributed by atoms with Crippen molar-refractivity contribution in [1.29, 1.82) is 0 Å². The molecule has 3 nitrogen and oxygen atoms in total. The molecule has 0 aliphatic rings. The fourth-order valence-electron chi connectivity index (χ4n) is 1.52. The summed E-state index contributed by atoms with van der Waals surface area (Å²) in [6.45, 7) is 0. The molecule has 0 spiro atoms. The number of sulfone groups is 1. The lowest BCUT2D eigenvalue weighted by atomic mass is 10.1. The summed E-state index contributed by atoms with van der Waals surface area (Å²) >= 11 is 11.9. The quantitative estimate of drug-likeness (QED) is 0.812. The first-order valence-electron chi connectivity index (χ1n) is 5.42. The molecule has 0 radical (unpaired) electrons. The lowest BCUT2D eigenvalue weighted by Gasteiger charge is -2.06. The van der Waals surface area contributed by atoms with Gasteiger partial charge < -0.3 is 0 Å². The van der Waals surface area contributed by atoms with Crippen LogP contribution in [0.2, 0.25) is 10.0 Å². The molecule has 18 heavy (non-hydrogen) atoms. The highest BCUT2D eigenvalue weighted by atomic mass is 35.5. The van der Waals surface area contributed by atoms with Crippen LogP contribution in [0.1, 0.15) is 18.4 Å². The first-order valence-corrected chi connectivity index (χ1v) is 8.23. The number of ketones is 1. The molecule has 1 aromatic carbocycles. The maximum Gasteiger partial charge on any atom is 0.147 e. The molecule has 0 aromatic heterocycles. The van der Waals surface area contributed by atoms with Crippen LogP contribution >= 0.6 is 23.2 Å². The van der Waals surface area contributed by atoms with Crippen molar-refractivity contribution < 1.29 is 13.2 Å². The Kier molecular flexibility index (Phi) is 5.63. The highest BCUT2D eigenvalue weighted by Crippen LogP contribution is 2.25. The van der Waals surface area contributed by atoms with Gasteiger partial charge in [0.1, 0.15) is 15.6 Å². The van der Waals surface area contributed by atoms with E-state index in [9.17, 15) is 13.2 Å². The van der Waals surface area contributed by atoms with Crippen molar-refractivity contribution in [2.75, 3.05) is 12.0 Å². The fourth-order valence-corrected chi connectivity index (χ4v) is 2.72. The number of rotatable bonds is 6. The van der Waals surface area contributed by atoms with E-state index in [0.29, 0.717) is 22.0 Å². The first-order chi connectivity index (χ1) is 8.29. The van der Waals surface area contributed by atoms with E-state index >= 15 is 0 Å². The Morgan fingerprint density at radius 1 is 1.22 bits per heavy atom. The highest BCUT2D eigenvalue weighted by molar-refractivity contribution is 7.90. The van der Waals surface area contributed by atoms with Gasteiger partial charge in [0.15, 0.2) is 0 Å². The standard InChI is InChI=1S/C12H14Cl2O3S/c1-18(16,17)7-3-4-9(15)8-10-11(13)5-2-6-12(10)14/h2,5-6H,3-4,7-8H2,1H3. The molecule has 0 unspecified atom stereocenters. The van der Waals surface area contributed by atoms with E-state index in [2.05, 4.69) is 0 Å². The van der Waals surface area contributed by atoms with Crippen molar-refractivity contribution in [3.8, 4) is 0 Å². The minimum atomic E-state index is -3.01. The second-order valence-electron chi connectivity index (χ2n) is 4.15. The van der Waals surface area contributed by atoms with Crippen molar-refractivity contribution >= 4 is 38.8 Å². The predicted molar refractivity (Wildman–Crippen MR) is 74.1 cm³/mol. The predicted octanol–water partition coefficient (Wildman–Crippen LogP) is 2.93. The Hall–Kier alpha value is -0.580. The van der Waals surface area contributed by atoms with Crippen molar-refractivity contribution in [2.45, 2.75) is 19.3 Å². The van der Waals surface area contributed by atoms with E-state index in [0.717, 1.165) is 6.26 Å². The van der Waals surface area contributed by atoms with Gasteiger partial charge in [0, 0.05) is 29.1 Å². The van der Waals surface area contributed by atoms with Gasteiger partial charge in [-0.15, -0.1) is 0 Å². The van der Waals surface area contributed by atoms with Gasteiger partial charge in [0.05, 0.1) is 5.75 Å². The summed E-state index contributed by atoms with van der Waals surface area (Å²) in [4.78, 5) is 11.7. The molecule has 0 heterocycles. The summed E-state index contributed by atoms with van der Waals surface area (Å²) in [6.07, 6.45) is 1.85. The third-order valence-electron chi connectivity index (χ3n) is 2.41. The zero-order valence-electron chi connectivity index (χ0n) is 9.95. The van der Waals surface area contributed by atoms with E-state index in [-0.39, 0.29) is 24.4 Å². The zero-order valence-corrected chi connectivity index (χ0v) is 12.3. The van der Waals surface area contributed by atoms with Crippen LogP contribution < -0.4 is 0 Å². The lowest BCUT2D eigenvalue weighted by Crippen LogP contribution is -2.08. The second kappa shape index (κ2) is 6.55. The van der Waals surface area contributed by atoms with Crippen LogP contribution in [-0.4, -0.2) is 26.2 Å². The van der Waals surface area contributed by atoms with E-state index in [1.165, 1.54) is 0 Å². The number of Topliss-reactive ketones (excluding diaryl/α,β-unsaturated/α-hetero) is 1. The summed E-state index contributed by atoms with van der Waals surface area (Å²) in [6, 6.07) is 5.06. The minimum absolute atomic E-state index is 0.0228. The Labute approximate surface area is 117 Å². The number of carbonyl (C=O) groups is 1. The minimum Gasteiger partial charge on any atom is -0.299 e. The third kappa shape index (κ3) is 5.38. The summed E-state index contributed by atoms with van der Waals surface area (Å²) in [5, 5.41) is 0.915.